The molecule has 4 aromatic rings. The van der Waals surface area contributed by atoms with Gasteiger partial charge in [0.25, 0.3) is 0 Å². The smallest absolute Gasteiger partial charge is 0.347 e. The number of carbonyl (C=O) groups excluding carboxylic acids is 1. The quantitative estimate of drug-likeness (QED) is 0.278. The maximum Gasteiger partial charge on any atom is 0.347 e. The first-order valence-corrected chi connectivity index (χ1v) is 12.5. The van der Waals surface area contributed by atoms with Gasteiger partial charge in [-0.25, -0.2) is 4.79 Å². The van der Waals surface area contributed by atoms with Crippen LogP contribution in [-0.4, -0.2) is 42.2 Å². The molecule has 0 unspecified atom stereocenters. The maximum absolute atomic E-state index is 13.4. The Bertz CT molecular complexity index is 1150. The summed E-state index contributed by atoms with van der Waals surface area (Å²) in [5.41, 5.74) is 3.19. The third kappa shape index (κ3) is 5.56. The molecule has 0 aliphatic rings. The molecule has 1 N–H and O–H groups in total. The molecule has 4 nitrogen and oxygen atoms in total. The highest BCUT2D eigenvalue weighted by atomic mass is 16.5. The summed E-state index contributed by atoms with van der Waals surface area (Å²) in [6.07, 6.45) is 0. The number of likely N-dealkylation sites (N-methyl/N-ethyl adjacent to an activating group) is 1. The number of nitrogens with zero attached hydrogens (tertiary/aromatic N) is 1. The molecule has 4 heteroatoms. The molecule has 0 aliphatic heterocycles. The van der Waals surface area contributed by atoms with Crippen LogP contribution in [0.5, 0.6) is 0 Å². The van der Waals surface area contributed by atoms with Gasteiger partial charge in [-0.3, -0.25) is 0 Å². The molecule has 0 amide bonds. The van der Waals surface area contributed by atoms with Crippen molar-refractivity contribution in [3.05, 3.63) is 120 Å². The van der Waals surface area contributed by atoms with Gasteiger partial charge in [-0.05, 0) is 46.5 Å². The van der Waals surface area contributed by atoms with Crippen LogP contribution in [0.3, 0.4) is 0 Å². The molecule has 0 bridgehead atoms. The highest BCUT2D eigenvalue weighted by molar-refractivity contribution is 5.86. The summed E-state index contributed by atoms with van der Waals surface area (Å²) in [6, 6.07) is 35.0. The number of benzene rings is 4. The number of rotatable bonds is 10. The average molecular weight is 480 g/mol. The first-order valence-electron chi connectivity index (χ1n) is 12.5. The normalized spacial score (nSPS) is 11.4. The van der Waals surface area contributed by atoms with Gasteiger partial charge in [0, 0.05) is 6.54 Å². The molecule has 0 radical (unpaired) electrons. The zero-order valence-corrected chi connectivity index (χ0v) is 20.9. The summed E-state index contributed by atoms with van der Waals surface area (Å²) in [5.74, 6) is -0.672. The van der Waals surface area contributed by atoms with Crippen molar-refractivity contribution in [2.24, 2.45) is 0 Å². The minimum Gasteiger partial charge on any atom is -0.462 e. The summed E-state index contributed by atoms with van der Waals surface area (Å²) < 4.78 is 5.65. The summed E-state index contributed by atoms with van der Waals surface area (Å²) in [7, 11) is 0. The summed E-state index contributed by atoms with van der Waals surface area (Å²) >= 11 is 0. The van der Waals surface area contributed by atoms with Crippen LogP contribution in [0.1, 0.15) is 25.0 Å². The van der Waals surface area contributed by atoms with Crippen LogP contribution in [-0.2, 0) is 15.1 Å². The van der Waals surface area contributed by atoms with Crippen molar-refractivity contribution in [1.29, 1.82) is 0 Å². The van der Waals surface area contributed by atoms with Crippen LogP contribution in [0, 0.1) is 0 Å². The Hall–Kier alpha value is -3.73. The standard InChI is InChI=1S/C32H33NO3/c1-3-33(4-2)23-24-36-31(34)32(35,29-19-15-27(16-20-29)25-11-7-5-8-12-25)30-21-17-28(18-22-30)26-13-9-6-10-14-26/h5-22,35H,3-4,23-24H2,1-2H3. The van der Waals surface area contributed by atoms with E-state index in [4.69, 9.17) is 4.74 Å². The third-order valence-corrected chi connectivity index (χ3v) is 6.65. The highest BCUT2D eigenvalue weighted by Gasteiger charge is 2.41. The molecule has 0 aromatic heterocycles. The van der Waals surface area contributed by atoms with E-state index in [2.05, 4.69) is 18.7 Å². The van der Waals surface area contributed by atoms with Crippen LogP contribution in [0.4, 0.5) is 0 Å². The number of carbonyl (C=O) groups is 1. The Labute approximate surface area is 213 Å². The Balaban J connectivity index is 1.66. The van der Waals surface area contributed by atoms with Crippen molar-refractivity contribution in [3.63, 3.8) is 0 Å². The Kier molecular flexibility index (Phi) is 8.32. The van der Waals surface area contributed by atoms with Crippen molar-refractivity contribution in [3.8, 4) is 22.3 Å². The van der Waals surface area contributed by atoms with E-state index >= 15 is 0 Å². The number of hydrogen-bond donors (Lipinski definition) is 1. The fourth-order valence-corrected chi connectivity index (χ4v) is 4.38. The molecule has 0 aliphatic carbocycles. The van der Waals surface area contributed by atoms with Gasteiger partial charge in [-0.2, -0.15) is 0 Å². The van der Waals surface area contributed by atoms with Crippen molar-refractivity contribution in [1.82, 2.24) is 4.90 Å². The van der Waals surface area contributed by atoms with Crippen molar-refractivity contribution in [2.75, 3.05) is 26.2 Å². The lowest BCUT2D eigenvalue weighted by molar-refractivity contribution is -0.162. The predicted octanol–water partition coefficient (Wildman–Crippen LogP) is 6.14. The topological polar surface area (TPSA) is 49.8 Å². The number of hydrogen-bond acceptors (Lipinski definition) is 4. The second-order valence-corrected chi connectivity index (χ2v) is 8.76. The van der Waals surface area contributed by atoms with E-state index in [1.54, 1.807) is 24.3 Å². The van der Waals surface area contributed by atoms with Gasteiger partial charge >= 0.3 is 5.97 Å². The zero-order chi connectivity index (χ0) is 25.4. The summed E-state index contributed by atoms with van der Waals surface area (Å²) in [6.45, 7) is 6.73. The van der Waals surface area contributed by atoms with Crippen LogP contribution in [0.2, 0.25) is 0 Å². The largest absolute Gasteiger partial charge is 0.462 e. The minimum absolute atomic E-state index is 0.215. The van der Waals surface area contributed by atoms with Gasteiger partial charge < -0.3 is 14.7 Å². The fourth-order valence-electron chi connectivity index (χ4n) is 4.38. The Morgan fingerprint density at radius 1 is 0.667 bits per heavy atom. The Morgan fingerprint density at radius 2 is 1.06 bits per heavy atom. The molecule has 4 aromatic carbocycles. The van der Waals surface area contributed by atoms with E-state index in [-0.39, 0.29) is 6.61 Å². The van der Waals surface area contributed by atoms with Gasteiger partial charge in [0.15, 0.2) is 0 Å². The number of ether oxygens (including phenoxy) is 1. The average Bonchev–Trinajstić information content (AvgIpc) is 2.96. The van der Waals surface area contributed by atoms with Crippen molar-refractivity contribution in [2.45, 2.75) is 19.4 Å². The van der Waals surface area contributed by atoms with Gasteiger partial charge in [0.1, 0.15) is 6.61 Å². The molecular formula is C32H33NO3. The van der Waals surface area contributed by atoms with E-state index in [1.165, 1.54) is 0 Å². The molecular weight excluding hydrogens is 446 g/mol. The van der Waals surface area contributed by atoms with Crippen molar-refractivity contribution < 1.29 is 14.6 Å². The molecule has 0 fully saturated rings. The monoisotopic (exact) mass is 479 g/mol. The molecule has 0 saturated carbocycles. The van der Waals surface area contributed by atoms with E-state index < -0.39 is 11.6 Å². The second-order valence-electron chi connectivity index (χ2n) is 8.76. The van der Waals surface area contributed by atoms with E-state index in [0.29, 0.717) is 17.7 Å². The predicted molar refractivity (Wildman–Crippen MR) is 146 cm³/mol. The van der Waals surface area contributed by atoms with Gasteiger partial charge in [-0.15, -0.1) is 0 Å². The summed E-state index contributed by atoms with van der Waals surface area (Å²) in [4.78, 5) is 15.6. The molecule has 4 rings (SSSR count). The molecule has 0 spiro atoms. The van der Waals surface area contributed by atoms with Gasteiger partial charge in [-0.1, -0.05) is 123 Å². The molecule has 0 atom stereocenters. The van der Waals surface area contributed by atoms with Crippen molar-refractivity contribution >= 4 is 5.97 Å². The van der Waals surface area contributed by atoms with Gasteiger partial charge in [0.2, 0.25) is 5.60 Å². The lowest BCUT2D eigenvalue weighted by Crippen LogP contribution is -2.40. The second kappa shape index (κ2) is 11.8. The molecule has 184 valence electrons. The maximum atomic E-state index is 13.4. The number of esters is 1. The number of aliphatic hydroxyl groups is 1. The Morgan fingerprint density at radius 3 is 1.44 bits per heavy atom. The van der Waals surface area contributed by atoms with E-state index in [1.807, 2.05) is 84.9 Å². The lowest BCUT2D eigenvalue weighted by atomic mass is 9.85. The zero-order valence-electron chi connectivity index (χ0n) is 20.9. The fraction of sp³-hybridized carbons (Fsp3) is 0.219. The van der Waals surface area contributed by atoms with Gasteiger partial charge in [0.05, 0.1) is 0 Å². The first kappa shape index (κ1) is 25.4. The molecule has 36 heavy (non-hydrogen) atoms. The molecule has 0 saturated heterocycles. The van der Waals surface area contributed by atoms with Crippen LogP contribution in [0.15, 0.2) is 109 Å². The van der Waals surface area contributed by atoms with E-state index in [0.717, 1.165) is 35.3 Å². The first-order chi connectivity index (χ1) is 17.6. The third-order valence-electron chi connectivity index (χ3n) is 6.65. The SMILES string of the molecule is CCN(CC)CCOC(=O)C(O)(c1ccc(-c2ccccc2)cc1)c1ccc(-c2ccccc2)cc1. The minimum atomic E-state index is -1.92. The summed E-state index contributed by atoms with van der Waals surface area (Å²) in [5, 5.41) is 11.9. The van der Waals surface area contributed by atoms with Crippen LogP contribution >= 0.6 is 0 Å². The molecule has 0 heterocycles. The lowest BCUT2D eigenvalue weighted by Gasteiger charge is -2.28. The van der Waals surface area contributed by atoms with Crippen LogP contribution in [0.25, 0.3) is 22.3 Å². The van der Waals surface area contributed by atoms with E-state index in [9.17, 15) is 9.90 Å². The highest BCUT2D eigenvalue weighted by Crippen LogP contribution is 2.34. The van der Waals surface area contributed by atoms with Crippen LogP contribution < -0.4 is 0 Å².